The van der Waals surface area contributed by atoms with Crippen molar-refractivity contribution in [2.24, 2.45) is 0 Å². The summed E-state index contributed by atoms with van der Waals surface area (Å²) in [5.41, 5.74) is 0. The van der Waals surface area contributed by atoms with Crippen molar-refractivity contribution in [3.63, 3.8) is 0 Å². The van der Waals surface area contributed by atoms with Gasteiger partial charge in [-0.3, -0.25) is 0 Å². The Hall–Kier alpha value is -1.01. The lowest BCUT2D eigenvalue weighted by Crippen LogP contribution is -2.30. The van der Waals surface area contributed by atoms with Crippen molar-refractivity contribution in [2.45, 2.75) is 23.6 Å². The minimum Gasteiger partial charge on any atom is -0.490 e. The van der Waals surface area contributed by atoms with Crippen LogP contribution in [0.3, 0.4) is 0 Å². The molecule has 1 N–H and O–H groups in total. The van der Waals surface area contributed by atoms with E-state index in [4.69, 9.17) is 9.47 Å². The molecule has 0 aromatic carbocycles. The van der Waals surface area contributed by atoms with Crippen LogP contribution in [0, 0.1) is 0 Å². The third-order valence-corrected chi connectivity index (χ3v) is 3.52. The summed E-state index contributed by atoms with van der Waals surface area (Å²) < 4.78 is 10.5. The van der Waals surface area contributed by atoms with Crippen molar-refractivity contribution in [2.75, 3.05) is 32.2 Å². The van der Waals surface area contributed by atoms with E-state index in [-0.39, 0.29) is 0 Å². The van der Waals surface area contributed by atoms with Crippen molar-refractivity contribution >= 4 is 17.6 Å². The maximum atomic E-state index is 5.39. The number of anilines is 1. The predicted octanol–water partition coefficient (Wildman–Crippen LogP) is 1.80. The molecule has 6 heteroatoms. The summed E-state index contributed by atoms with van der Waals surface area (Å²) in [4.78, 5) is 8.48. The quantitative estimate of drug-likeness (QED) is 0.782. The Morgan fingerprint density at radius 1 is 1.53 bits per heavy atom. The maximum Gasteiger partial charge on any atom is 0.193 e. The topological polar surface area (TPSA) is 56.3 Å². The number of thioether (sulfide) groups is 1. The van der Waals surface area contributed by atoms with Crippen LogP contribution in [-0.4, -0.2) is 42.1 Å². The second-order valence-electron chi connectivity index (χ2n) is 3.76. The molecule has 0 aliphatic carbocycles. The van der Waals surface area contributed by atoms with E-state index < -0.39 is 0 Å². The van der Waals surface area contributed by atoms with Crippen molar-refractivity contribution in [1.29, 1.82) is 0 Å². The van der Waals surface area contributed by atoms with Crippen LogP contribution in [0.5, 0.6) is 5.75 Å². The normalized spacial score (nSPS) is 15.4. The van der Waals surface area contributed by atoms with Crippen LogP contribution >= 0.6 is 11.8 Å². The number of hydrogen-bond acceptors (Lipinski definition) is 6. The van der Waals surface area contributed by atoms with Gasteiger partial charge in [-0.05, 0) is 6.42 Å². The number of methoxy groups -OCH3 is 1. The lowest BCUT2D eigenvalue weighted by Gasteiger charge is -2.25. The van der Waals surface area contributed by atoms with E-state index in [1.54, 1.807) is 25.2 Å². The molecule has 0 saturated carbocycles. The second kappa shape index (κ2) is 6.07. The number of aromatic nitrogens is 2. The van der Waals surface area contributed by atoms with Gasteiger partial charge >= 0.3 is 0 Å². The molecular weight excluding hydrogens is 238 g/mol. The Bertz CT molecular complexity index is 372. The molecule has 17 heavy (non-hydrogen) atoms. The molecule has 2 rings (SSSR count). The summed E-state index contributed by atoms with van der Waals surface area (Å²) in [6.45, 7) is 4.57. The van der Waals surface area contributed by atoms with E-state index in [9.17, 15) is 0 Å². The molecule has 0 spiro atoms. The van der Waals surface area contributed by atoms with Crippen LogP contribution in [0.2, 0.25) is 0 Å². The molecular formula is C11H17N3O2S. The van der Waals surface area contributed by atoms with E-state index in [0.717, 1.165) is 42.8 Å². The van der Waals surface area contributed by atoms with Crippen LogP contribution in [0.1, 0.15) is 13.3 Å². The first-order valence-corrected chi connectivity index (χ1v) is 6.60. The fourth-order valence-corrected chi connectivity index (χ4v) is 2.47. The number of hydrogen-bond donors (Lipinski definition) is 1. The number of nitrogens with one attached hydrogen (secondary N) is 1. The van der Waals surface area contributed by atoms with Gasteiger partial charge in [-0.2, -0.15) is 0 Å². The molecule has 0 bridgehead atoms. The third kappa shape index (κ3) is 3.01. The van der Waals surface area contributed by atoms with Gasteiger partial charge in [0.25, 0.3) is 0 Å². The van der Waals surface area contributed by atoms with E-state index in [2.05, 4.69) is 22.2 Å². The maximum absolute atomic E-state index is 5.39. The van der Waals surface area contributed by atoms with Gasteiger partial charge in [-0.1, -0.05) is 18.7 Å². The highest BCUT2D eigenvalue weighted by atomic mass is 32.2. The van der Waals surface area contributed by atoms with E-state index >= 15 is 0 Å². The van der Waals surface area contributed by atoms with Gasteiger partial charge in [0.15, 0.2) is 11.6 Å². The third-order valence-electron chi connectivity index (χ3n) is 2.40. The van der Waals surface area contributed by atoms with Gasteiger partial charge in [-0.15, -0.1) is 0 Å². The van der Waals surface area contributed by atoms with Crippen LogP contribution in [-0.2, 0) is 4.74 Å². The standard InChI is InChI=1S/C11H17N3O2S/c1-3-4-12-10-9(15-2)11(14-7-13-10)17-8-5-16-6-8/h7-8H,3-6H2,1-2H3,(H,12,13,14). The molecule has 94 valence electrons. The number of nitrogens with zero attached hydrogens (tertiary/aromatic N) is 2. The molecule has 1 aromatic heterocycles. The Labute approximate surface area is 105 Å². The molecule has 1 aromatic rings. The SMILES string of the molecule is CCCNc1ncnc(SC2COC2)c1OC. The highest BCUT2D eigenvalue weighted by Gasteiger charge is 2.23. The van der Waals surface area contributed by atoms with Crippen molar-refractivity contribution in [3.8, 4) is 5.75 Å². The fraction of sp³-hybridized carbons (Fsp3) is 0.636. The first kappa shape index (κ1) is 12.4. The van der Waals surface area contributed by atoms with E-state index in [0.29, 0.717) is 5.25 Å². The zero-order valence-electron chi connectivity index (χ0n) is 10.1. The Balaban J connectivity index is 2.12. The summed E-state index contributed by atoms with van der Waals surface area (Å²) in [6, 6.07) is 0. The van der Waals surface area contributed by atoms with Crippen molar-refractivity contribution in [1.82, 2.24) is 9.97 Å². The predicted molar refractivity (Wildman–Crippen MR) is 67.8 cm³/mol. The molecule has 0 unspecified atom stereocenters. The van der Waals surface area contributed by atoms with Gasteiger partial charge < -0.3 is 14.8 Å². The summed E-state index contributed by atoms with van der Waals surface area (Å²) in [5.74, 6) is 1.50. The Morgan fingerprint density at radius 2 is 2.35 bits per heavy atom. The molecule has 1 aliphatic heterocycles. The van der Waals surface area contributed by atoms with E-state index in [1.165, 1.54) is 0 Å². The minimum atomic E-state index is 0.484. The molecule has 1 aliphatic rings. The highest BCUT2D eigenvalue weighted by molar-refractivity contribution is 8.00. The van der Waals surface area contributed by atoms with Crippen LogP contribution < -0.4 is 10.1 Å². The van der Waals surface area contributed by atoms with Gasteiger partial charge in [0.2, 0.25) is 0 Å². The molecule has 0 amide bonds. The summed E-state index contributed by atoms with van der Waals surface area (Å²) in [7, 11) is 1.65. The molecule has 0 atom stereocenters. The number of rotatable bonds is 6. The largest absolute Gasteiger partial charge is 0.490 e. The zero-order valence-corrected chi connectivity index (χ0v) is 10.9. The minimum absolute atomic E-state index is 0.484. The molecule has 1 saturated heterocycles. The van der Waals surface area contributed by atoms with Gasteiger partial charge in [0.05, 0.1) is 25.6 Å². The smallest absolute Gasteiger partial charge is 0.193 e. The lowest BCUT2D eigenvalue weighted by atomic mass is 10.4. The fourth-order valence-electron chi connectivity index (χ4n) is 1.43. The van der Waals surface area contributed by atoms with Gasteiger partial charge in [0, 0.05) is 6.54 Å². The summed E-state index contributed by atoms with van der Waals surface area (Å²) in [6.07, 6.45) is 2.62. The lowest BCUT2D eigenvalue weighted by molar-refractivity contribution is 0.0454. The van der Waals surface area contributed by atoms with E-state index in [1.807, 2.05) is 0 Å². The zero-order chi connectivity index (χ0) is 12.1. The summed E-state index contributed by atoms with van der Waals surface area (Å²) in [5, 5.41) is 4.61. The molecule has 5 nitrogen and oxygen atoms in total. The Morgan fingerprint density at radius 3 is 2.94 bits per heavy atom. The summed E-state index contributed by atoms with van der Waals surface area (Å²) >= 11 is 1.69. The Kier molecular flexibility index (Phi) is 4.44. The molecule has 0 radical (unpaired) electrons. The average Bonchev–Trinajstić information content (AvgIpc) is 2.31. The average molecular weight is 255 g/mol. The second-order valence-corrected chi connectivity index (χ2v) is 5.05. The van der Waals surface area contributed by atoms with Gasteiger partial charge in [-0.25, -0.2) is 9.97 Å². The molecule has 1 fully saturated rings. The van der Waals surface area contributed by atoms with Crippen molar-refractivity contribution in [3.05, 3.63) is 6.33 Å². The first-order valence-electron chi connectivity index (χ1n) is 5.72. The monoisotopic (exact) mass is 255 g/mol. The van der Waals surface area contributed by atoms with Crippen molar-refractivity contribution < 1.29 is 9.47 Å². The number of ether oxygens (including phenoxy) is 2. The van der Waals surface area contributed by atoms with Gasteiger partial charge in [0.1, 0.15) is 11.4 Å². The van der Waals surface area contributed by atoms with Crippen LogP contribution in [0.15, 0.2) is 11.4 Å². The highest BCUT2D eigenvalue weighted by Crippen LogP contribution is 2.36. The van der Waals surface area contributed by atoms with Crippen LogP contribution in [0.4, 0.5) is 5.82 Å². The molecule has 2 heterocycles. The van der Waals surface area contributed by atoms with Crippen LogP contribution in [0.25, 0.3) is 0 Å². The first-order chi connectivity index (χ1) is 8.35.